The molecule has 0 aliphatic carbocycles. The molecule has 150 valence electrons. The number of piperidine rings is 1. The van der Waals surface area contributed by atoms with Gasteiger partial charge in [-0.1, -0.05) is 0 Å². The van der Waals surface area contributed by atoms with Crippen LogP contribution < -0.4 is 10.1 Å². The zero-order valence-electron chi connectivity index (χ0n) is 15.9. The van der Waals surface area contributed by atoms with Crippen molar-refractivity contribution in [1.82, 2.24) is 19.5 Å². The number of carbonyl (C=O) groups is 1. The standard InChI is InChI=1S/C18H28N4O4S/c1-14(16-5-8-19-13-17(16)26-2)20-18(23)21-11-6-15(7-12-21)27(24,25)22-9-3-4-10-22/h5,8,13-15H,3-4,6-7,9-12H2,1-2H3,(H,20,23). The summed E-state index contributed by atoms with van der Waals surface area (Å²) in [5.74, 6) is 0.626. The second-order valence-corrected chi connectivity index (χ2v) is 9.34. The third-order valence-corrected chi connectivity index (χ3v) is 7.82. The van der Waals surface area contributed by atoms with Gasteiger partial charge < -0.3 is 15.0 Å². The fourth-order valence-electron chi connectivity index (χ4n) is 3.78. The first kappa shape index (κ1) is 19.9. The van der Waals surface area contributed by atoms with E-state index in [0.717, 1.165) is 18.4 Å². The molecule has 3 rings (SSSR count). The first-order chi connectivity index (χ1) is 12.9. The number of methoxy groups -OCH3 is 1. The zero-order chi connectivity index (χ0) is 19.4. The van der Waals surface area contributed by atoms with Crippen molar-refractivity contribution in [2.24, 2.45) is 0 Å². The quantitative estimate of drug-likeness (QED) is 0.819. The molecule has 2 aliphatic heterocycles. The molecule has 1 aromatic rings. The van der Waals surface area contributed by atoms with Gasteiger partial charge in [0.2, 0.25) is 10.0 Å². The predicted molar refractivity (Wildman–Crippen MR) is 102 cm³/mol. The van der Waals surface area contributed by atoms with Gasteiger partial charge in [0, 0.05) is 37.9 Å². The van der Waals surface area contributed by atoms with Crippen LogP contribution in [0.1, 0.15) is 44.2 Å². The number of nitrogens with one attached hydrogen (secondary N) is 1. The van der Waals surface area contributed by atoms with Crippen LogP contribution in [-0.4, -0.2) is 67.2 Å². The highest BCUT2D eigenvalue weighted by atomic mass is 32.2. The number of pyridine rings is 1. The van der Waals surface area contributed by atoms with Gasteiger partial charge in [-0.15, -0.1) is 0 Å². The fraction of sp³-hybridized carbons (Fsp3) is 0.667. The first-order valence-corrected chi connectivity index (χ1v) is 11.0. The molecule has 0 radical (unpaired) electrons. The van der Waals surface area contributed by atoms with Gasteiger partial charge >= 0.3 is 6.03 Å². The van der Waals surface area contributed by atoms with Crippen LogP contribution in [0.5, 0.6) is 5.75 Å². The number of sulfonamides is 1. The average molecular weight is 397 g/mol. The maximum Gasteiger partial charge on any atom is 0.317 e. The Kier molecular flexibility index (Phi) is 6.21. The number of urea groups is 1. The van der Waals surface area contributed by atoms with E-state index in [4.69, 9.17) is 4.74 Å². The van der Waals surface area contributed by atoms with Crippen molar-refractivity contribution in [3.05, 3.63) is 24.0 Å². The molecule has 8 nitrogen and oxygen atoms in total. The highest BCUT2D eigenvalue weighted by molar-refractivity contribution is 7.89. The van der Waals surface area contributed by atoms with E-state index in [1.807, 2.05) is 13.0 Å². The minimum absolute atomic E-state index is 0.182. The molecular weight excluding hydrogens is 368 g/mol. The van der Waals surface area contributed by atoms with Crippen LogP contribution in [-0.2, 0) is 10.0 Å². The molecule has 27 heavy (non-hydrogen) atoms. The highest BCUT2D eigenvalue weighted by Gasteiger charge is 2.36. The summed E-state index contributed by atoms with van der Waals surface area (Å²) in [5.41, 5.74) is 0.854. The Morgan fingerprint density at radius 2 is 1.93 bits per heavy atom. The minimum atomic E-state index is -3.23. The van der Waals surface area contributed by atoms with E-state index < -0.39 is 10.0 Å². The number of rotatable bonds is 5. The van der Waals surface area contributed by atoms with Gasteiger partial charge in [0.15, 0.2) is 0 Å². The Morgan fingerprint density at radius 3 is 2.56 bits per heavy atom. The summed E-state index contributed by atoms with van der Waals surface area (Å²) in [7, 11) is -1.66. The number of hydrogen-bond donors (Lipinski definition) is 1. The normalized spacial score (nSPS) is 20.4. The van der Waals surface area contributed by atoms with E-state index >= 15 is 0 Å². The summed E-state index contributed by atoms with van der Waals surface area (Å²) < 4.78 is 32.3. The van der Waals surface area contributed by atoms with Crippen molar-refractivity contribution in [3.8, 4) is 5.75 Å². The molecule has 1 aromatic heterocycles. The Hall–Kier alpha value is -1.87. The SMILES string of the molecule is COc1cnccc1C(C)NC(=O)N1CCC(S(=O)(=O)N2CCCC2)CC1. The van der Waals surface area contributed by atoms with Gasteiger partial charge in [0.05, 0.1) is 24.6 Å². The van der Waals surface area contributed by atoms with Gasteiger partial charge in [-0.2, -0.15) is 0 Å². The fourth-order valence-corrected chi connectivity index (χ4v) is 5.78. The highest BCUT2D eigenvalue weighted by Crippen LogP contribution is 2.26. The summed E-state index contributed by atoms with van der Waals surface area (Å²) >= 11 is 0. The molecule has 2 saturated heterocycles. The van der Waals surface area contributed by atoms with E-state index in [0.29, 0.717) is 44.8 Å². The van der Waals surface area contributed by atoms with Crippen LogP contribution in [0.3, 0.4) is 0 Å². The van der Waals surface area contributed by atoms with Crippen LogP contribution in [0.4, 0.5) is 4.79 Å². The molecule has 2 amide bonds. The Morgan fingerprint density at radius 1 is 1.26 bits per heavy atom. The number of amides is 2. The van der Waals surface area contributed by atoms with Gasteiger partial charge in [-0.05, 0) is 38.7 Å². The van der Waals surface area contributed by atoms with Crippen LogP contribution in [0.25, 0.3) is 0 Å². The maximum atomic E-state index is 12.7. The van der Waals surface area contributed by atoms with Crippen molar-refractivity contribution in [1.29, 1.82) is 0 Å². The van der Waals surface area contributed by atoms with E-state index in [1.165, 1.54) is 0 Å². The average Bonchev–Trinajstić information content (AvgIpc) is 3.23. The minimum Gasteiger partial charge on any atom is -0.495 e. The zero-order valence-corrected chi connectivity index (χ0v) is 16.7. The topological polar surface area (TPSA) is 91.8 Å². The number of hydrogen-bond acceptors (Lipinski definition) is 5. The van der Waals surface area contributed by atoms with Gasteiger partial charge in [-0.3, -0.25) is 4.98 Å². The summed E-state index contributed by atoms with van der Waals surface area (Å²) in [6, 6.07) is 1.40. The number of likely N-dealkylation sites (tertiary alicyclic amines) is 1. The van der Waals surface area contributed by atoms with Crippen molar-refractivity contribution in [3.63, 3.8) is 0 Å². The first-order valence-electron chi connectivity index (χ1n) is 9.45. The smallest absolute Gasteiger partial charge is 0.317 e. The van der Waals surface area contributed by atoms with E-state index in [-0.39, 0.29) is 17.3 Å². The van der Waals surface area contributed by atoms with E-state index in [1.54, 1.807) is 28.7 Å². The van der Waals surface area contributed by atoms with Gasteiger partial charge in [-0.25, -0.2) is 17.5 Å². The molecular formula is C18H28N4O4S. The summed E-state index contributed by atoms with van der Waals surface area (Å²) in [6.07, 6.45) is 6.13. The molecule has 3 heterocycles. The Bertz CT molecular complexity index is 756. The van der Waals surface area contributed by atoms with Crippen molar-refractivity contribution in [2.75, 3.05) is 33.3 Å². The van der Waals surface area contributed by atoms with Gasteiger partial charge in [0.1, 0.15) is 5.75 Å². The number of aromatic nitrogens is 1. The van der Waals surface area contributed by atoms with Gasteiger partial charge in [0.25, 0.3) is 0 Å². The molecule has 0 spiro atoms. The molecule has 1 atom stereocenters. The van der Waals surface area contributed by atoms with Crippen molar-refractivity contribution in [2.45, 2.75) is 43.9 Å². The molecule has 2 aliphatic rings. The number of carbonyl (C=O) groups excluding carboxylic acids is 1. The Labute approximate surface area is 160 Å². The molecule has 0 bridgehead atoms. The molecule has 2 fully saturated rings. The third-order valence-electron chi connectivity index (χ3n) is 5.42. The summed E-state index contributed by atoms with van der Waals surface area (Å²) in [4.78, 5) is 18.3. The van der Waals surface area contributed by atoms with Crippen molar-refractivity contribution < 1.29 is 17.9 Å². The number of nitrogens with zero attached hydrogens (tertiary/aromatic N) is 3. The van der Waals surface area contributed by atoms with E-state index in [2.05, 4.69) is 10.3 Å². The predicted octanol–water partition coefficient (Wildman–Crippen LogP) is 1.75. The summed E-state index contributed by atoms with van der Waals surface area (Å²) in [6.45, 7) is 4.05. The molecule has 9 heteroatoms. The third kappa shape index (κ3) is 4.35. The molecule has 1 unspecified atom stereocenters. The largest absolute Gasteiger partial charge is 0.495 e. The lowest BCUT2D eigenvalue weighted by atomic mass is 10.1. The van der Waals surface area contributed by atoms with Crippen molar-refractivity contribution >= 4 is 16.1 Å². The second-order valence-electron chi connectivity index (χ2n) is 7.13. The molecule has 0 saturated carbocycles. The lowest BCUT2D eigenvalue weighted by Gasteiger charge is -2.34. The lowest BCUT2D eigenvalue weighted by molar-refractivity contribution is 0.183. The number of ether oxygens (including phenoxy) is 1. The maximum absolute atomic E-state index is 12.7. The summed E-state index contributed by atoms with van der Waals surface area (Å²) in [5, 5.41) is 2.59. The van der Waals surface area contributed by atoms with Crippen LogP contribution in [0.2, 0.25) is 0 Å². The Balaban J connectivity index is 1.55. The van der Waals surface area contributed by atoms with Crippen LogP contribution in [0.15, 0.2) is 18.5 Å². The molecule has 0 aromatic carbocycles. The van der Waals surface area contributed by atoms with E-state index in [9.17, 15) is 13.2 Å². The second kappa shape index (κ2) is 8.43. The lowest BCUT2D eigenvalue weighted by Crippen LogP contribution is -2.49. The molecule has 1 N–H and O–H groups in total. The monoisotopic (exact) mass is 396 g/mol. The van der Waals surface area contributed by atoms with Crippen LogP contribution >= 0.6 is 0 Å². The van der Waals surface area contributed by atoms with Crippen LogP contribution in [0, 0.1) is 0 Å².